The van der Waals surface area contributed by atoms with Crippen molar-refractivity contribution in [1.29, 1.82) is 0 Å². The van der Waals surface area contributed by atoms with Crippen LogP contribution in [-0.2, 0) is 0 Å². The summed E-state index contributed by atoms with van der Waals surface area (Å²) in [7, 11) is 0. The summed E-state index contributed by atoms with van der Waals surface area (Å²) in [6, 6.07) is 5.27. The van der Waals surface area contributed by atoms with E-state index in [1.165, 1.54) is 6.20 Å². The molecule has 0 atom stereocenters. The molecule has 0 saturated carbocycles. The Morgan fingerprint density at radius 2 is 2.11 bits per heavy atom. The van der Waals surface area contributed by atoms with Crippen molar-refractivity contribution < 1.29 is 14.6 Å². The van der Waals surface area contributed by atoms with Gasteiger partial charge in [-0.05, 0) is 37.6 Å². The van der Waals surface area contributed by atoms with E-state index in [0.717, 1.165) is 5.56 Å². The van der Waals surface area contributed by atoms with Gasteiger partial charge in [-0.25, -0.2) is 9.78 Å². The van der Waals surface area contributed by atoms with Gasteiger partial charge in [-0.1, -0.05) is 11.6 Å². The Labute approximate surface area is 114 Å². The molecule has 0 unspecified atom stereocenters. The average Bonchev–Trinajstić information content (AvgIpc) is 2.32. The number of nitrogens with zero attached hydrogens (tertiary/aromatic N) is 2. The molecule has 6 heteroatoms. The number of carboxylic acid groups (broad SMARTS) is 1. The fraction of sp³-hybridized carbons (Fsp3) is 0.154. The molecule has 1 N–H and O–H groups in total. The third kappa shape index (κ3) is 3.00. The van der Waals surface area contributed by atoms with Crippen LogP contribution in [0.3, 0.4) is 0 Å². The second-order valence-corrected chi connectivity index (χ2v) is 4.41. The molecule has 5 nitrogen and oxygen atoms in total. The van der Waals surface area contributed by atoms with Crippen LogP contribution in [0, 0.1) is 13.8 Å². The zero-order valence-electron chi connectivity index (χ0n) is 10.3. The summed E-state index contributed by atoms with van der Waals surface area (Å²) >= 11 is 5.85. The molecular formula is C13H11ClN2O3. The fourth-order valence-corrected chi connectivity index (χ4v) is 1.76. The first-order valence-electron chi connectivity index (χ1n) is 5.48. The molecule has 0 fully saturated rings. The Bertz CT molecular complexity index is 644. The predicted molar refractivity (Wildman–Crippen MR) is 70.0 cm³/mol. The first kappa shape index (κ1) is 13.3. The zero-order chi connectivity index (χ0) is 14.0. The van der Waals surface area contributed by atoms with Crippen LogP contribution < -0.4 is 4.74 Å². The predicted octanol–water partition coefficient (Wildman–Crippen LogP) is 3.24. The van der Waals surface area contributed by atoms with E-state index in [9.17, 15) is 4.79 Å². The van der Waals surface area contributed by atoms with Crippen molar-refractivity contribution in [2.24, 2.45) is 0 Å². The lowest BCUT2D eigenvalue weighted by Gasteiger charge is -2.08. The topological polar surface area (TPSA) is 72.3 Å². The van der Waals surface area contributed by atoms with Crippen LogP contribution in [0.2, 0.25) is 5.02 Å². The summed E-state index contributed by atoms with van der Waals surface area (Å²) in [5.74, 6) is -0.487. The summed E-state index contributed by atoms with van der Waals surface area (Å²) in [6.07, 6.45) is 1.23. The molecule has 0 aliphatic carbocycles. The number of benzene rings is 1. The van der Waals surface area contributed by atoms with Crippen LogP contribution >= 0.6 is 11.6 Å². The highest BCUT2D eigenvalue weighted by Gasteiger charge is 2.11. The smallest absolute Gasteiger partial charge is 0.339 e. The van der Waals surface area contributed by atoms with E-state index in [1.54, 1.807) is 25.1 Å². The van der Waals surface area contributed by atoms with Gasteiger partial charge < -0.3 is 9.84 Å². The maximum Gasteiger partial charge on any atom is 0.339 e. The minimum absolute atomic E-state index is 0.0557. The number of aryl methyl sites for hydroxylation is 2. The Balaban J connectivity index is 2.29. The van der Waals surface area contributed by atoms with Gasteiger partial charge in [-0.2, -0.15) is 4.98 Å². The summed E-state index contributed by atoms with van der Waals surface area (Å²) in [5, 5.41) is 9.50. The first-order chi connectivity index (χ1) is 8.97. The van der Waals surface area contributed by atoms with E-state index in [-0.39, 0.29) is 11.6 Å². The van der Waals surface area contributed by atoms with E-state index in [4.69, 9.17) is 21.4 Å². The maximum absolute atomic E-state index is 10.8. The molecule has 2 aromatic rings. The van der Waals surface area contributed by atoms with Gasteiger partial charge in [-0.15, -0.1) is 0 Å². The molecule has 0 aliphatic heterocycles. The Hall–Kier alpha value is -2.14. The molecule has 1 aromatic heterocycles. The van der Waals surface area contributed by atoms with Gasteiger partial charge in [0, 0.05) is 11.2 Å². The van der Waals surface area contributed by atoms with Crippen LogP contribution in [0.1, 0.15) is 21.6 Å². The first-order valence-corrected chi connectivity index (χ1v) is 5.86. The largest absolute Gasteiger partial charge is 0.478 e. The molecule has 0 spiro atoms. The Morgan fingerprint density at radius 3 is 2.68 bits per heavy atom. The van der Waals surface area contributed by atoms with Crippen molar-refractivity contribution >= 4 is 17.6 Å². The number of hydrogen-bond acceptors (Lipinski definition) is 4. The molecule has 98 valence electrons. The molecule has 2 rings (SSSR count). The Morgan fingerprint density at radius 1 is 1.37 bits per heavy atom. The molecule has 1 aromatic carbocycles. The SMILES string of the molecule is Cc1cc(Cl)ccc1Oc1ncc(C(=O)O)c(C)n1. The van der Waals surface area contributed by atoms with Crippen molar-refractivity contribution in [3.63, 3.8) is 0 Å². The lowest BCUT2D eigenvalue weighted by atomic mass is 10.2. The van der Waals surface area contributed by atoms with Gasteiger partial charge in [0.15, 0.2) is 0 Å². The molecular weight excluding hydrogens is 268 g/mol. The number of carboxylic acids is 1. The highest BCUT2D eigenvalue weighted by Crippen LogP contribution is 2.25. The second-order valence-electron chi connectivity index (χ2n) is 3.97. The normalized spacial score (nSPS) is 10.3. The molecule has 19 heavy (non-hydrogen) atoms. The quantitative estimate of drug-likeness (QED) is 0.933. The summed E-state index contributed by atoms with van der Waals surface area (Å²) < 4.78 is 5.51. The molecule has 0 saturated heterocycles. The van der Waals surface area contributed by atoms with E-state index in [2.05, 4.69) is 9.97 Å². The number of ether oxygens (including phenoxy) is 1. The van der Waals surface area contributed by atoms with Crippen molar-refractivity contribution in [2.75, 3.05) is 0 Å². The van der Waals surface area contributed by atoms with Gasteiger partial charge in [0.1, 0.15) is 5.75 Å². The van der Waals surface area contributed by atoms with E-state index < -0.39 is 5.97 Å². The van der Waals surface area contributed by atoms with Crippen molar-refractivity contribution in [3.8, 4) is 11.8 Å². The number of halogens is 1. The minimum Gasteiger partial charge on any atom is -0.478 e. The Kier molecular flexibility index (Phi) is 3.66. The van der Waals surface area contributed by atoms with Gasteiger partial charge in [0.05, 0.1) is 11.3 Å². The van der Waals surface area contributed by atoms with Crippen LogP contribution in [0.5, 0.6) is 11.8 Å². The van der Waals surface area contributed by atoms with Gasteiger partial charge in [0.2, 0.25) is 0 Å². The average molecular weight is 279 g/mol. The summed E-state index contributed by atoms with van der Waals surface area (Å²) in [4.78, 5) is 18.7. The second kappa shape index (κ2) is 5.24. The van der Waals surface area contributed by atoms with Gasteiger partial charge in [-0.3, -0.25) is 0 Å². The van der Waals surface area contributed by atoms with Crippen LogP contribution in [0.25, 0.3) is 0 Å². The van der Waals surface area contributed by atoms with Crippen molar-refractivity contribution in [2.45, 2.75) is 13.8 Å². The van der Waals surface area contributed by atoms with Gasteiger partial charge in [0.25, 0.3) is 0 Å². The molecule has 1 heterocycles. The van der Waals surface area contributed by atoms with E-state index in [1.807, 2.05) is 6.92 Å². The molecule has 0 aliphatic rings. The van der Waals surface area contributed by atoms with Gasteiger partial charge >= 0.3 is 12.0 Å². The third-order valence-electron chi connectivity index (χ3n) is 2.53. The summed E-state index contributed by atoms with van der Waals surface area (Å²) in [5.41, 5.74) is 1.25. The zero-order valence-corrected chi connectivity index (χ0v) is 11.1. The number of aromatic carboxylic acids is 1. The monoisotopic (exact) mass is 278 g/mol. The number of aromatic nitrogens is 2. The lowest BCUT2D eigenvalue weighted by molar-refractivity contribution is 0.0695. The lowest BCUT2D eigenvalue weighted by Crippen LogP contribution is -2.04. The standard InChI is InChI=1S/C13H11ClN2O3/c1-7-5-9(14)3-4-11(7)19-13-15-6-10(12(17)18)8(2)16-13/h3-6H,1-2H3,(H,17,18). The van der Waals surface area contributed by atoms with Crippen LogP contribution in [-0.4, -0.2) is 21.0 Å². The molecule has 0 amide bonds. The summed E-state index contributed by atoms with van der Waals surface area (Å²) in [6.45, 7) is 3.44. The minimum atomic E-state index is -1.06. The maximum atomic E-state index is 10.8. The van der Waals surface area contributed by atoms with E-state index in [0.29, 0.717) is 16.5 Å². The molecule has 0 bridgehead atoms. The number of rotatable bonds is 3. The van der Waals surface area contributed by atoms with Crippen molar-refractivity contribution in [3.05, 3.63) is 46.2 Å². The van der Waals surface area contributed by atoms with Crippen molar-refractivity contribution in [1.82, 2.24) is 9.97 Å². The fourth-order valence-electron chi connectivity index (χ4n) is 1.53. The third-order valence-corrected chi connectivity index (χ3v) is 2.76. The number of carbonyl (C=O) groups is 1. The highest BCUT2D eigenvalue weighted by atomic mass is 35.5. The van der Waals surface area contributed by atoms with Crippen LogP contribution in [0.4, 0.5) is 0 Å². The number of hydrogen-bond donors (Lipinski definition) is 1. The molecule has 0 radical (unpaired) electrons. The highest BCUT2D eigenvalue weighted by molar-refractivity contribution is 6.30. The van der Waals surface area contributed by atoms with Crippen LogP contribution in [0.15, 0.2) is 24.4 Å². The van der Waals surface area contributed by atoms with E-state index >= 15 is 0 Å².